The van der Waals surface area contributed by atoms with Crippen LogP contribution in [0.1, 0.15) is 245 Å². The highest BCUT2D eigenvalue weighted by Gasteiger charge is 2.23. The van der Waals surface area contributed by atoms with Crippen molar-refractivity contribution < 1.29 is 37.9 Å². The van der Waals surface area contributed by atoms with Crippen LogP contribution in [0.4, 0.5) is 0 Å². The van der Waals surface area contributed by atoms with Crippen LogP contribution in [-0.2, 0) is 28.2 Å². The molecule has 0 saturated heterocycles. The number of carbonyl (C=O) groups excluding carboxylic acids is 2. The molecule has 0 radical (unpaired) electrons. The van der Waals surface area contributed by atoms with Crippen molar-refractivity contribution in [3.63, 3.8) is 0 Å². The summed E-state index contributed by atoms with van der Waals surface area (Å²) in [4.78, 5) is 42.9. The molecule has 0 fully saturated rings. The molecule has 0 rings (SSSR count). The minimum absolute atomic E-state index is 0.220. The summed E-state index contributed by atoms with van der Waals surface area (Å²) in [6.07, 6.45) is 42.5. The van der Waals surface area contributed by atoms with Crippen molar-refractivity contribution in [3.05, 3.63) is 0 Å². The molecule has 9 heteroatoms. The molecule has 52 heavy (non-hydrogen) atoms. The molecular formula is C43H85O8P. The van der Waals surface area contributed by atoms with E-state index in [0.29, 0.717) is 6.42 Å². The van der Waals surface area contributed by atoms with Crippen molar-refractivity contribution in [1.82, 2.24) is 0 Å². The van der Waals surface area contributed by atoms with Gasteiger partial charge in [0.25, 0.3) is 0 Å². The van der Waals surface area contributed by atoms with E-state index < -0.39 is 32.5 Å². The van der Waals surface area contributed by atoms with Crippen molar-refractivity contribution in [2.75, 3.05) is 13.2 Å². The number of hydrogen-bond acceptors (Lipinski definition) is 6. The minimum Gasteiger partial charge on any atom is -0.462 e. The van der Waals surface area contributed by atoms with Gasteiger partial charge in [0.2, 0.25) is 0 Å². The second kappa shape index (κ2) is 39.7. The van der Waals surface area contributed by atoms with Crippen LogP contribution in [0.5, 0.6) is 0 Å². The number of phosphoric ester groups is 1. The molecule has 2 N–H and O–H groups in total. The predicted octanol–water partition coefficient (Wildman–Crippen LogP) is 13.6. The molecule has 0 saturated carbocycles. The van der Waals surface area contributed by atoms with Gasteiger partial charge in [0.15, 0.2) is 6.10 Å². The van der Waals surface area contributed by atoms with Gasteiger partial charge in [-0.1, -0.05) is 219 Å². The number of esters is 2. The first kappa shape index (κ1) is 51.0. The summed E-state index contributed by atoms with van der Waals surface area (Å²) >= 11 is 0. The normalized spacial score (nSPS) is 12.3. The summed E-state index contributed by atoms with van der Waals surface area (Å²) in [5.74, 6) is -0.865. The Morgan fingerprint density at radius 2 is 0.692 bits per heavy atom. The van der Waals surface area contributed by atoms with Crippen LogP contribution in [0, 0.1) is 0 Å². The second-order valence-corrected chi connectivity index (χ2v) is 16.6. The number of hydrogen-bond donors (Lipinski definition) is 2. The molecule has 8 nitrogen and oxygen atoms in total. The van der Waals surface area contributed by atoms with E-state index >= 15 is 0 Å². The quantitative estimate of drug-likeness (QED) is 0.0358. The van der Waals surface area contributed by atoms with Gasteiger partial charge in [0.05, 0.1) is 6.61 Å². The summed E-state index contributed by atoms with van der Waals surface area (Å²) in [6, 6.07) is 0. The number of carbonyl (C=O) groups is 2. The minimum atomic E-state index is -4.75. The maximum Gasteiger partial charge on any atom is 0.469 e. The Kier molecular flexibility index (Phi) is 39.0. The fraction of sp³-hybridized carbons (Fsp3) is 0.953. The zero-order valence-electron chi connectivity index (χ0n) is 34.2. The zero-order valence-corrected chi connectivity index (χ0v) is 35.1. The summed E-state index contributed by atoms with van der Waals surface area (Å²) < 4.78 is 26.4. The second-order valence-electron chi connectivity index (χ2n) is 15.4. The summed E-state index contributed by atoms with van der Waals surface area (Å²) in [7, 11) is -4.75. The Bertz CT molecular complexity index is 817. The lowest BCUT2D eigenvalue weighted by Gasteiger charge is -2.18. The highest BCUT2D eigenvalue weighted by atomic mass is 31.2. The first-order chi connectivity index (χ1) is 25.3. The van der Waals surface area contributed by atoms with E-state index in [-0.39, 0.29) is 19.4 Å². The molecule has 0 aliphatic rings. The molecule has 0 heterocycles. The van der Waals surface area contributed by atoms with Crippen molar-refractivity contribution >= 4 is 19.8 Å². The van der Waals surface area contributed by atoms with Crippen molar-refractivity contribution in [1.29, 1.82) is 0 Å². The summed E-state index contributed by atoms with van der Waals surface area (Å²) in [6.45, 7) is 3.73. The Morgan fingerprint density at radius 1 is 0.423 bits per heavy atom. The topological polar surface area (TPSA) is 119 Å². The average Bonchev–Trinajstić information content (AvgIpc) is 3.11. The number of ether oxygens (including phenoxy) is 2. The molecule has 0 amide bonds. The van der Waals surface area contributed by atoms with Crippen LogP contribution in [0.25, 0.3) is 0 Å². The molecule has 0 spiro atoms. The fourth-order valence-electron chi connectivity index (χ4n) is 6.79. The van der Waals surface area contributed by atoms with E-state index in [0.717, 1.165) is 32.1 Å². The molecule has 310 valence electrons. The fourth-order valence-corrected chi connectivity index (χ4v) is 7.15. The smallest absolute Gasteiger partial charge is 0.462 e. The highest BCUT2D eigenvalue weighted by Crippen LogP contribution is 2.36. The van der Waals surface area contributed by atoms with Gasteiger partial charge in [0, 0.05) is 12.8 Å². The van der Waals surface area contributed by atoms with Gasteiger partial charge in [-0.3, -0.25) is 14.1 Å². The van der Waals surface area contributed by atoms with Crippen LogP contribution in [0.15, 0.2) is 0 Å². The van der Waals surface area contributed by atoms with E-state index in [1.165, 1.54) is 180 Å². The van der Waals surface area contributed by atoms with E-state index in [4.69, 9.17) is 19.3 Å². The summed E-state index contributed by atoms with van der Waals surface area (Å²) in [5, 5.41) is 0. The molecular weight excluding hydrogens is 675 g/mol. The van der Waals surface area contributed by atoms with Gasteiger partial charge in [-0.25, -0.2) is 4.57 Å². The van der Waals surface area contributed by atoms with Crippen molar-refractivity contribution in [2.45, 2.75) is 251 Å². The number of unbranched alkanes of at least 4 members (excludes halogenated alkanes) is 32. The third-order valence-corrected chi connectivity index (χ3v) is 10.6. The Hall–Kier alpha value is -0.950. The van der Waals surface area contributed by atoms with Crippen LogP contribution in [-0.4, -0.2) is 41.0 Å². The number of rotatable bonds is 42. The highest BCUT2D eigenvalue weighted by molar-refractivity contribution is 7.46. The van der Waals surface area contributed by atoms with Crippen LogP contribution in [0.3, 0.4) is 0 Å². The third-order valence-electron chi connectivity index (χ3n) is 10.1. The Morgan fingerprint density at radius 3 is 0.981 bits per heavy atom. The van der Waals surface area contributed by atoms with Gasteiger partial charge in [0.1, 0.15) is 6.61 Å². The lowest BCUT2D eigenvalue weighted by atomic mass is 10.0. The van der Waals surface area contributed by atoms with Crippen LogP contribution >= 0.6 is 7.82 Å². The zero-order chi connectivity index (χ0) is 38.2. The van der Waals surface area contributed by atoms with Gasteiger partial charge in [-0.2, -0.15) is 0 Å². The maximum absolute atomic E-state index is 12.4. The molecule has 0 bridgehead atoms. The lowest BCUT2D eigenvalue weighted by molar-refractivity contribution is -0.161. The first-order valence-corrected chi connectivity index (χ1v) is 23.9. The van der Waals surface area contributed by atoms with Crippen molar-refractivity contribution in [2.24, 2.45) is 0 Å². The molecule has 0 aliphatic heterocycles. The standard InChI is InChI=1S/C43H85O8P/c1-3-5-7-9-11-13-15-17-19-20-21-22-24-25-27-29-31-33-35-37-42(44)49-39-41(40-50-52(46,47)48)51-43(45)38-36-34-32-30-28-26-23-18-16-14-12-10-8-6-4-2/h41H,3-40H2,1-2H3,(H2,46,47,48)/t41-/m1/s1. The molecule has 0 aromatic heterocycles. The Balaban J connectivity index is 3.81. The molecule has 0 aromatic rings. The largest absolute Gasteiger partial charge is 0.469 e. The molecule has 1 atom stereocenters. The van der Waals surface area contributed by atoms with Gasteiger partial charge >= 0.3 is 19.8 Å². The first-order valence-electron chi connectivity index (χ1n) is 22.3. The van der Waals surface area contributed by atoms with Gasteiger partial charge < -0.3 is 19.3 Å². The van der Waals surface area contributed by atoms with E-state index in [1.807, 2.05) is 0 Å². The van der Waals surface area contributed by atoms with Crippen LogP contribution in [0.2, 0.25) is 0 Å². The van der Waals surface area contributed by atoms with Gasteiger partial charge in [-0.05, 0) is 12.8 Å². The summed E-state index contributed by atoms with van der Waals surface area (Å²) in [5.41, 5.74) is 0. The lowest BCUT2D eigenvalue weighted by Crippen LogP contribution is -2.29. The third kappa shape index (κ3) is 41.8. The molecule has 0 aliphatic carbocycles. The maximum atomic E-state index is 12.4. The SMILES string of the molecule is CCCCCCCCCCCCCCCCCCCCCC(=O)OC[C@H](COP(=O)(O)O)OC(=O)CCCCCCCCCCCCCCCCC. The van der Waals surface area contributed by atoms with Crippen LogP contribution < -0.4 is 0 Å². The van der Waals surface area contributed by atoms with Gasteiger partial charge in [-0.15, -0.1) is 0 Å². The average molecular weight is 761 g/mol. The monoisotopic (exact) mass is 761 g/mol. The molecule has 0 aromatic carbocycles. The predicted molar refractivity (Wildman–Crippen MR) is 216 cm³/mol. The van der Waals surface area contributed by atoms with E-state index in [9.17, 15) is 14.2 Å². The van der Waals surface area contributed by atoms with Crippen molar-refractivity contribution in [3.8, 4) is 0 Å². The Labute approximate surface area is 321 Å². The van der Waals surface area contributed by atoms with E-state index in [1.54, 1.807) is 0 Å². The number of phosphoric acid groups is 1. The van der Waals surface area contributed by atoms with E-state index in [2.05, 4.69) is 18.4 Å². The molecule has 0 unspecified atom stereocenters.